The summed E-state index contributed by atoms with van der Waals surface area (Å²) in [5.74, 6) is 1.01. The van der Waals surface area contributed by atoms with Crippen molar-refractivity contribution in [3.8, 4) is 22.1 Å². The summed E-state index contributed by atoms with van der Waals surface area (Å²) in [5.41, 5.74) is 2.55. The smallest absolute Gasteiger partial charge is 0.312 e. The number of carbonyl (C=O) groups excluding carboxylic acids is 1. The van der Waals surface area contributed by atoms with Gasteiger partial charge in [0.1, 0.15) is 23.1 Å². The third-order valence-electron chi connectivity index (χ3n) is 3.52. The molecule has 0 atom stereocenters. The Morgan fingerprint density at radius 1 is 1.16 bits per heavy atom. The summed E-state index contributed by atoms with van der Waals surface area (Å²) in [6.45, 7) is 0.126. The van der Waals surface area contributed by atoms with E-state index in [0.717, 1.165) is 16.1 Å². The van der Waals surface area contributed by atoms with Crippen molar-refractivity contribution in [3.05, 3.63) is 51.7 Å². The van der Waals surface area contributed by atoms with Crippen LogP contribution in [-0.2, 0) is 22.6 Å². The molecule has 0 aliphatic heterocycles. The van der Waals surface area contributed by atoms with Crippen molar-refractivity contribution in [2.75, 3.05) is 14.2 Å². The number of hydrogen-bond donors (Lipinski definition) is 0. The van der Waals surface area contributed by atoms with Crippen LogP contribution in [0.25, 0.3) is 10.6 Å². The predicted octanol–water partition coefficient (Wildman–Crippen LogP) is 4.17. The van der Waals surface area contributed by atoms with Crippen molar-refractivity contribution in [2.45, 2.75) is 13.0 Å². The van der Waals surface area contributed by atoms with Gasteiger partial charge in [0.2, 0.25) is 0 Å². The molecule has 3 rings (SSSR count). The molecule has 0 bridgehead atoms. The number of benzene rings is 1. The van der Waals surface area contributed by atoms with Gasteiger partial charge in [-0.1, -0.05) is 0 Å². The Hall–Kier alpha value is -2.38. The summed E-state index contributed by atoms with van der Waals surface area (Å²) in [7, 11) is 3.17. The molecule has 0 aliphatic rings. The van der Waals surface area contributed by atoms with E-state index in [9.17, 15) is 4.79 Å². The molecule has 0 unspecified atom stereocenters. The Balaban J connectivity index is 1.60. The number of thiophene rings is 1. The minimum atomic E-state index is -0.327. The van der Waals surface area contributed by atoms with Gasteiger partial charge in [0.25, 0.3) is 0 Å². The molecule has 7 heteroatoms. The van der Waals surface area contributed by atoms with Gasteiger partial charge in [0.15, 0.2) is 0 Å². The maximum atomic E-state index is 12.1. The zero-order chi connectivity index (χ0) is 17.6. The second-order valence-corrected chi connectivity index (χ2v) is 6.81. The normalized spacial score (nSPS) is 10.5. The molecule has 130 valence electrons. The molecule has 0 spiro atoms. The maximum Gasteiger partial charge on any atom is 0.312 e. The van der Waals surface area contributed by atoms with Crippen molar-refractivity contribution in [1.82, 2.24) is 4.98 Å². The standard InChI is InChI=1S/C18H17NO4S2/c1-21-15-3-4-16(22-2)13(7-15)9-23-17(20)8-14-11-25-18(19-14)12-5-6-24-10-12/h3-7,10-11H,8-9H2,1-2H3. The minimum Gasteiger partial charge on any atom is -0.497 e. The summed E-state index contributed by atoms with van der Waals surface area (Å²) in [6.07, 6.45) is 0.146. The van der Waals surface area contributed by atoms with Crippen molar-refractivity contribution in [1.29, 1.82) is 0 Å². The van der Waals surface area contributed by atoms with Gasteiger partial charge in [-0.05, 0) is 29.6 Å². The number of ether oxygens (including phenoxy) is 3. The zero-order valence-electron chi connectivity index (χ0n) is 13.9. The molecule has 0 fully saturated rings. The van der Waals surface area contributed by atoms with E-state index in [1.807, 2.05) is 22.2 Å². The molecular weight excluding hydrogens is 358 g/mol. The van der Waals surface area contributed by atoms with Crippen LogP contribution in [0, 0.1) is 0 Å². The summed E-state index contributed by atoms with van der Waals surface area (Å²) >= 11 is 3.15. The van der Waals surface area contributed by atoms with Gasteiger partial charge in [-0.2, -0.15) is 11.3 Å². The highest BCUT2D eigenvalue weighted by molar-refractivity contribution is 7.14. The zero-order valence-corrected chi connectivity index (χ0v) is 15.5. The third kappa shape index (κ3) is 4.37. The van der Waals surface area contributed by atoms with Crippen LogP contribution >= 0.6 is 22.7 Å². The first kappa shape index (κ1) is 17.4. The van der Waals surface area contributed by atoms with Gasteiger partial charge in [-0.25, -0.2) is 4.98 Å². The molecule has 2 aromatic heterocycles. The second kappa shape index (κ2) is 8.13. The van der Waals surface area contributed by atoms with Crippen LogP contribution in [0.15, 0.2) is 40.4 Å². The van der Waals surface area contributed by atoms with Crippen LogP contribution in [0.3, 0.4) is 0 Å². The Bertz CT molecular complexity index is 843. The molecule has 0 saturated carbocycles. The third-order valence-corrected chi connectivity index (χ3v) is 5.14. The number of hydrogen-bond acceptors (Lipinski definition) is 7. The van der Waals surface area contributed by atoms with Gasteiger partial charge in [0, 0.05) is 21.9 Å². The molecule has 5 nitrogen and oxygen atoms in total. The van der Waals surface area contributed by atoms with Crippen LogP contribution in [0.5, 0.6) is 11.5 Å². The van der Waals surface area contributed by atoms with Crippen LogP contribution in [0.1, 0.15) is 11.3 Å². The van der Waals surface area contributed by atoms with Gasteiger partial charge in [-0.15, -0.1) is 11.3 Å². The highest BCUT2D eigenvalue weighted by atomic mass is 32.1. The lowest BCUT2D eigenvalue weighted by molar-refractivity contribution is -0.144. The van der Waals surface area contributed by atoms with Gasteiger partial charge >= 0.3 is 5.97 Å². The fourth-order valence-corrected chi connectivity index (χ4v) is 3.79. The first-order valence-corrected chi connectivity index (χ1v) is 9.35. The quantitative estimate of drug-likeness (QED) is 0.580. The molecular formula is C18H17NO4S2. The van der Waals surface area contributed by atoms with E-state index in [1.54, 1.807) is 43.8 Å². The average molecular weight is 375 g/mol. The molecule has 25 heavy (non-hydrogen) atoms. The summed E-state index contributed by atoms with van der Waals surface area (Å²) in [4.78, 5) is 16.6. The van der Waals surface area contributed by atoms with E-state index >= 15 is 0 Å². The minimum absolute atomic E-state index is 0.126. The molecule has 3 aromatic rings. The maximum absolute atomic E-state index is 12.1. The fraction of sp³-hybridized carbons (Fsp3) is 0.222. The number of thiazole rings is 1. The molecule has 0 radical (unpaired) electrons. The summed E-state index contributed by atoms with van der Waals surface area (Å²) < 4.78 is 15.8. The van der Waals surface area contributed by atoms with Crippen molar-refractivity contribution >= 4 is 28.6 Å². The predicted molar refractivity (Wildman–Crippen MR) is 98.5 cm³/mol. The van der Waals surface area contributed by atoms with Crippen molar-refractivity contribution in [3.63, 3.8) is 0 Å². The first-order chi connectivity index (χ1) is 12.2. The topological polar surface area (TPSA) is 57.7 Å². The van der Waals surface area contributed by atoms with Gasteiger partial charge in [-0.3, -0.25) is 4.79 Å². The number of nitrogens with zero attached hydrogens (tertiary/aromatic N) is 1. The van der Waals surface area contributed by atoms with Crippen LogP contribution in [-0.4, -0.2) is 25.2 Å². The number of aromatic nitrogens is 1. The second-order valence-electron chi connectivity index (χ2n) is 5.17. The number of rotatable bonds is 7. The van der Waals surface area contributed by atoms with E-state index in [4.69, 9.17) is 14.2 Å². The Labute approximate surface area is 153 Å². The average Bonchev–Trinajstić information content (AvgIpc) is 3.31. The molecule has 0 saturated heterocycles. The van der Waals surface area contributed by atoms with Crippen molar-refractivity contribution < 1.29 is 19.0 Å². The lowest BCUT2D eigenvalue weighted by atomic mass is 10.2. The number of carbonyl (C=O) groups is 1. The highest BCUT2D eigenvalue weighted by Gasteiger charge is 2.12. The Morgan fingerprint density at radius 2 is 2.04 bits per heavy atom. The van der Waals surface area contributed by atoms with Crippen LogP contribution in [0.4, 0.5) is 0 Å². The first-order valence-electron chi connectivity index (χ1n) is 7.53. The van der Waals surface area contributed by atoms with Crippen molar-refractivity contribution in [2.24, 2.45) is 0 Å². The molecule has 1 aromatic carbocycles. The summed E-state index contributed by atoms with van der Waals surface area (Å²) in [5, 5.41) is 6.85. The van der Waals surface area contributed by atoms with E-state index in [2.05, 4.69) is 4.98 Å². The molecule has 0 N–H and O–H groups in total. The molecule has 0 aliphatic carbocycles. The largest absolute Gasteiger partial charge is 0.497 e. The van der Waals surface area contributed by atoms with E-state index in [1.165, 1.54) is 11.3 Å². The van der Waals surface area contributed by atoms with Gasteiger partial charge in [0.05, 0.1) is 26.3 Å². The number of methoxy groups -OCH3 is 2. The summed E-state index contributed by atoms with van der Waals surface area (Å²) in [6, 6.07) is 7.39. The monoisotopic (exact) mass is 375 g/mol. The lowest BCUT2D eigenvalue weighted by Gasteiger charge is -2.10. The molecule has 0 amide bonds. The fourth-order valence-electron chi connectivity index (χ4n) is 2.26. The van der Waals surface area contributed by atoms with Crippen LogP contribution in [0.2, 0.25) is 0 Å². The SMILES string of the molecule is COc1ccc(OC)c(COC(=O)Cc2csc(-c3ccsc3)n2)c1. The Morgan fingerprint density at radius 3 is 2.76 bits per heavy atom. The lowest BCUT2D eigenvalue weighted by Crippen LogP contribution is -2.09. The van der Waals surface area contributed by atoms with E-state index in [0.29, 0.717) is 17.2 Å². The van der Waals surface area contributed by atoms with E-state index in [-0.39, 0.29) is 19.0 Å². The van der Waals surface area contributed by atoms with Gasteiger partial charge < -0.3 is 14.2 Å². The van der Waals surface area contributed by atoms with E-state index < -0.39 is 0 Å². The highest BCUT2D eigenvalue weighted by Crippen LogP contribution is 2.27. The van der Waals surface area contributed by atoms with Crippen LogP contribution < -0.4 is 9.47 Å². The molecule has 2 heterocycles. The Kier molecular flexibility index (Phi) is 5.67. The number of esters is 1.